The van der Waals surface area contributed by atoms with Crippen LogP contribution in [0.2, 0.25) is 0 Å². The van der Waals surface area contributed by atoms with Gasteiger partial charge in [0, 0.05) is 28.6 Å². The number of nitrogens with zero attached hydrogens (tertiary/aromatic N) is 1. The number of fused-ring (bicyclic) bond motifs is 1. The number of carbonyl (C=O) groups excluding carboxylic acids is 2. The van der Waals surface area contributed by atoms with E-state index in [4.69, 9.17) is 0 Å². The molecule has 0 aliphatic carbocycles. The monoisotopic (exact) mass is 424 g/mol. The summed E-state index contributed by atoms with van der Waals surface area (Å²) < 4.78 is 41.5. The Kier molecular flexibility index (Phi) is 5.55. The molecule has 0 spiro atoms. The lowest BCUT2D eigenvalue weighted by atomic mass is 10.2. The Hall–Kier alpha value is -3.40. The van der Waals surface area contributed by atoms with Crippen molar-refractivity contribution in [2.45, 2.75) is 17.9 Å². The van der Waals surface area contributed by atoms with E-state index in [0.717, 1.165) is 0 Å². The highest BCUT2D eigenvalue weighted by Crippen LogP contribution is 2.23. The normalized spacial score (nSPS) is 12.4. The minimum atomic E-state index is -4.01. The summed E-state index contributed by atoms with van der Waals surface area (Å²) in [6.07, 6.45) is 1.64. The van der Waals surface area contributed by atoms with Gasteiger partial charge in [0.2, 0.25) is 5.91 Å². The Balaban J connectivity index is 0.00000320. The lowest BCUT2D eigenvalue weighted by molar-refractivity contribution is -0.118. The molecule has 3 N–H and O–H groups in total. The number of benzene rings is 2. The van der Waals surface area contributed by atoms with Crippen LogP contribution >= 0.6 is 0 Å². The minimum Gasteiger partial charge on any atom is -0.340 e. The van der Waals surface area contributed by atoms with Crippen molar-refractivity contribution in [2.24, 2.45) is 0 Å². The van der Waals surface area contributed by atoms with Gasteiger partial charge in [-0.1, -0.05) is 6.07 Å². The number of hydrogen-bond donors (Lipinski definition) is 3. The molecule has 2 aromatic carbocycles. The van der Waals surface area contributed by atoms with Crippen LogP contribution in [0.15, 0.2) is 59.6 Å². The number of sulfonamides is 1. The molecule has 1 atom stereocenters. The molecule has 0 unspecified atom stereocenters. The van der Waals surface area contributed by atoms with Gasteiger partial charge in [-0.25, -0.2) is 22.3 Å². The summed E-state index contributed by atoms with van der Waals surface area (Å²) in [6.45, 7) is 1.67. The standard InChI is InChI=1S/C19H19FN4O4S.3H2/c1-12(24-11-10-15-16(20)4-3-5-17(15)24)18(25)22-13-6-8-14(9-7-13)29(27,28)23-19(26)21-2;;;/h3-12H,1-2H3,(H,22,25)(H2,21,23,26);3*1H/t12-;;;/m1.../s1. The highest BCUT2D eigenvalue weighted by atomic mass is 32.2. The molecule has 3 aromatic rings. The first-order chi connectivity index (χ1) is 13.7. The van der Waals surface area contributed by atoms with Crippen LogP contribution in [-0.4, -0.2) is 32.0 Å². The molecule has 0 radical (unpaired) electrons. The van der Waals surface area contributed by atoms with Crippen LogP contribution in [-0.2, 0) is 14.8 Å². The van der Waals surface area contributed by atoms with E-state index in [1.807, 2.05) is 4.72 Å². The summed E-state index contributed by atoms with van der Waals surface area (Å²) >= 11 is 0. The van der Waals surface area contributed by atoms with Crippen LogP contribution in [0.5, 0.6) is 0 Å². The average molecular weight is 424 g/mol. The zero-order valence-corrected chi connectivity index (χ0v) is 16.5. The summed E-state index contributed by atoms with van der Waals surface area (Å²) in [6, 6.07) is 10.1. The van der Waals surface area contributed by atoms with Gasteiger partial charge >= 0.3 is 6.03 Å². The number of hydrogen-bond acceptors (Lipinski definition) is 4. The Morgan fingerprint density at radius 3 is 2.45 bits per heavy atom. The summed E-state index contributed by atoms with van der Waals surface area (Å²) in [5, 5.41) is 5.27. The first-order valence-corrected chi connectivity index (χ1v) is 10.1. The molecule has 1 heterocycles. The number of rotatable bonds is 5. The molecule has 0 saturated carbocycles. The molecule has 8 nitrogen and oxygen atoms in total. The van der Waals surface area contributed by atoms with Crippen molar-refractivity contribution in [1.29, 1.82) is 0 Å². The minimum absolute atomic E-state index is 0. The average Bonchev–Trinajstić information content (AvgIpc) is 3.12. The highest BCUT2D eigenvalue weighted by molar-refractivity contribution is 7.90. The van der Waals surface area contributed by atoms with Crippen molar-refractivity contribution < 1.29 is 26.7 Å². The fraction of sp³-hybridized carbons (Fsp3) is 0.158. The molecular weight excluding hydrogens is 399 g/mol. The first-order valence-electron chi connectivity index (χ1n) is 8.63. The van der Waals surface area contributed by atoms with E-state index in [0.29, 0.717) is 16.6 Å². The number of nitrogens with one attached hydrogen (secondary N) is 3. The summed E-state index contributed by atoms with van der Waals surface area (Å²) in [5.41, 5.74) is 0.970. The predicted octanol–water partition coefficient (Wildman–Crippen LogP) is 3.34. The molecule has 0 saturated heterocycles. The molecule has 3 rings (SSSR count). The van der Waals surface area contributed by atoms with Crippen molar-refractivity contribution >= 4 is 38.6 Å². The van der Waals surface area contributed by atoms with Gasteiger partial charge in [0.15, 0.2) is 0 Å². The lowest BCUT2D eigenvalue weighted by Crippen LogP contribution is -2.37. The van der Waals surface area contributed by atoms with Crippen molar-refractivity contribution in [3.05, 3.63) is 60.5 Å². The van der Waals surface area contributed by atoms with Gasteiger partial charge in [0.25, 0.3) is 10.0 Å². The number of carbonyl (C=O) groups is 2. The maximum Gasteiger partial charge on any atom is 0.328 e. The van der Waals surface area contributed by atoms with Gasteiger partial charge in [0.1, 0.15) is 11.9 Å². The van der Waals surface area contributed by atoms with Crippen molar-refractivity contribution in [3.8, 4) is 0 Å². The molecule has 3 amide bonds. The fourth-order valence-electron chi connectivity index (χ4n) is 2.81. The van der Waals surface area contributed by atoms with Crippen molar-refractivity contribution in [1.82, 2.24) is 14.6 Å². The Labute approximate surface area is 171 Å². The van der Waals surface area contributed by atoms with Crippen molar-refractivity contribution in [3.63, 3.8) is 0 Å². The van der Waals surface area contributed by atoms with Gasteiger partial charge in [-0.3, -0.25) is 4.79 Å². The zero-order valence-electron chi connectivity index (χ0n) is 15.6. The molecule has 1 aromatic heterocycles. The Morgan fingerprint density at radius 1 is 1.10 bits per heavy atom. The summed E-state index contributed by atoms with van der Waals surface area (Å²) in [4.78, 5) is 23.7. The zero-order chi connectivity index (χ0) is 21.2. The second-order valence-electron chi connectivity index (χ2n) is 6.27. The second kappa shape index (κ2) is 7.92. The van der Waals surface area contributed by atoms with Gasteiger partial charge in [-0.05, 0) is 49.4 Å². The van der Waals surface area contributed by atoms with E-state index >= 15 is 0 Å². The fourth-order valence-corrected chi connectivity index (χ4v) is 3.77. The largest absolute Gasteiger partial charge is 0.340 e. The summed E-state index contributed by atoms with van der Waals surface area (Å²) in [5.74, 6) is -0.720. The molecule has 0 fully saturated rings. The number of amides is 3. The van der Waals surface area contributed by atoms with Gasteiger partial charge in [0.05, 0.1) is 10.4 Å². The van der Waals surface area contributed by atoms with Crippen LogP contribution in [0.1, 0.15) is 17.2 Å². The second-order valence-corrected chi connectivity index (χ2v) is 7.95. The van der Waals surface area contributed by atoms with Gasteiger partial charge in [-0.2, -0.15) is 0 Å². The maximum absolute atomic E-state index is 13.9. The molecular formula is C19H25FN4O4S. The third-order valence-electron chi connectivity index (χ3n) is 4.39. The molecule has 0 bridgehead atoms. The third kappa shape index (κ3) is 4.21. The van der Waals surface area contributed by atoms with E-state index in [1.165, 1.54) is 37.4 Å². The maximum atomic E-state index is 13.9. The van der Waals surface area contributed by atoms with E-state index in [9.17, 15) is 22.4 Å². The van der Waals surface area contributed by atoms with Crippen LogP contribution in [0.4, 0.5) is 14.9 Å². The van der Waals surface area contributed by atoms with E-state index in [1.54, 1.807) is 35.9 Å². The van der Waals surface area contributed by atoms with Crippen LogP contribution in [0.25, 0.3) is 10.9 Å². The van der Waals surface area contributed by atoms with Crippen molar-refractivity contribution in [2.75, 3.05) is 12.4 Å². The van der Waals surface area contributed by atoms with Gasteiger partial charge < -0.3 is 15.2 Å². The number of urea groups is 1. The quantitative estimate of drug-likeness (QED) is 0.584. The van der Waals surface area contributed by atoms with Gasteiger partial charge in [-0.15, -0.1) is 0 Å². The lowest BCUT2D eigenvalue weighted by Gasteiger charge is -2.16. The number of aromatic nitrogens is 1. The smallest absolute Gasteiger partial charge is 0.328 e. The Bertz CT molecular complexity index is 1190. The number of halogens is 1. The topological polar surface area (TPSA) is 109 Å². The summed E-state index contributed by atoms with van der Waals surface area (Å²) in [7, 11) is -2.71. The molecule has 10 heteroatoms. The van der Waals surface area contributed by atoms with Crippen LogP contribution in [0.3, 0.4) is 0 Å². The molecule has 158 valence electrons. The number of anilines is 1. The van der Waals surface area contributed by atoms with Crippen LogP contribution in [0, 0.1) is 5.82 Å². The predicted molar refractivity (Wildman–Crippen MR) is 113 cm³/mol. The third-order valence-corrected chi connectivity index (χ3v) is 5.74. The molecule has 29 heavy (non-hydrogen) atoms. The molecule has 0 aliphatic heterocycles. The first kappa shape index (κ1) is 20.3. The van der Waals surface area contributed by atoms with Crippen LogP contribution < -0.4 is 15.4 Å². The molecule has 0 aliphatic rings. The Morgan fingerprint density at radius 2 is 1.79 bits per heavy atom. The SMILES string of the molecule is CNC(=O)NS(=O)(=O)c1ccc(NC(=O)[C@@H](C)n2ccc3c(F)cccc32)cc1.[HH].[HH].[HH]. The highest BCUT2D eigenvalue weighted by Gasteiger charge is 2.19. The van der Waals surface area contributed by atoms with E-state index < -0.39 is 22.1 Å². The van der Waals surface area contributed by atoms with E-state index in [2.05, 4.69) is 10.6 Å². The van der Waals surface area contributed by atoms with E-state index in [-0.39, 0.29) is 20.9 Å².